The van der Waals surface area contributed by atoms with Gasteiger partial charge in [-0.25, -0.2) is 4.99 Å². The number of ketones is 1. The van der Waals surface area contributed by atoms with E-state index in [0.29, 0.717) is 48.3 Å². The summed E-state index contributed by atoms with van der Waals surface area (Å²) in [7, 11) is 0. The summed E-state index contributed by atoms with van der Waals surface area (Å²) in [6, 6.07) is 31.1. The molecule has 0 N–H and O–H groups in total. The fraction of sp³-hybridized carbons (Fsp3) is 0.176. The lowest BCUT2D eigenvalue weighted by molar-refractivity contribution is -0.128. The maximum atomic E-state index is 13.6. The lowest BCUT2D eigenvalue weighted by atomic mass is 10.0. The number of carbonyl (C=O) groups excluding carboxylic acids is 3. The molecular formula is C34H30N4O3S. The highest BCUT2D eigenvalue weighted by atomic mass is 32.2. The highest BCUT2D eigenvalue weighted by Crippen LogP contribution is 2.31. The monoisotopic (exact) mass is 574 g/mol. The number of hydrogen-bond donors (Lipinski definition) is 0. The minimum Gasteiger partial charge on any atom is -0.368 e. The predicted molar refractivity (Wildman–Crippen MR) is 171 cm³/mol. The number of thioether (sulfide) groups is 1. The fourth-order valence-corrected chi connectivity index (χ4v) is 6.18. The van der Waals surface area contributed by atoms with Crippen LogP contribution >= 0.6 is 11.8 Å². The maximum Gasteiger partial charge on any atom is 0.283 e. The van der Waals surface area contributed by atoms with Gasteiger partial charge in [-0.3, -0.25) is 19.3 Å². The maximum absolute atomic E-state index is 13.6. The van der Waals surface area contributed by atoms with Gasteiger partial charge in [0.25, 0.3) is 5.91 Å². The van der Waals surface area contributed by atoms with E-state index >= 15 is 0 Å². The quantitative estimate of drug-likeness (QED) is 0.213. The number of rotatable bonds is 6. The Morgan fingerprint density at radius 3 is 2.24 bits per heavy atom. The molecule has 0 radical (unpaired) electrons. The molecule has 6 rings (SSSR count). The lowest BCUT2D eigenvalue weighted by Gasteiger charge is -2.36. The van der Waals surface area contributed by atoms with E-state index in [9.17, 15) is 14.4 Å². The second-order valence-electron chi connectivity index (χ2n) is 10.2. The van der Waals surface area contributed by atoms with E-state index in [1.165, 1.54) is 11.8 Å². The van der Waals surface area contributed by atoms with Crippen molar-refractivity contribution in [1.29, 1.82) is 0 Å². The molecule has 42 heavy (non-hydrogen) atoms. The Morgan fingerprint density at radius 2 is 1.50 bits per heavy atom. The summed E-state index contributed by atoms with van der Waals surface area (Å²) in [6.07, 6.45) is 1.83. The van der Waals surface area contributed by atoms with Gasteiger partial charge in [-0.2, -0.15) is 0 Å². The first-order valence-electron chi connectivity index (χ1n) is 13.9. The van der Waals surface area contributed by atoms with E-state index in [1.807, 2.05) is 108 Å². The summed E-state index contributed by atoms with van der Waals surface area (Å²) in [5.41, 5.74) is 3.72. The van der Waals surface area contributed by atoms with Gasteiger partial charge in [0.1, 0.15) is 5.70 Å². The van der Waals surface area contributed by atoms with Crippen molar-refractivity contribution >= 4 is 62.8 Å². The first-order valence-corrected chi connectivity index (χ1v) is 14.9. The minimum absolute atomic E-state index is 0.0150. The van der Waals surface area contributed by atoms with Gasteiger partial charge in [-0.15, -0.1) is 0 Å². The molecule has 1 saturated heterocycles. The van der Waals surface area contributed by atoms with Gasteiger partial charge in [-0.1, -0.05) is 72.4 Å². The Hall–Kier alpha value is -4.69. The van der Waals surface area contributed by atoms with Gasteiger partial charge < -0.3 is 9.80 Å². The van der Waals surface area contributed by atoms with E-state index in [4.69, 9.17) is 4.99 Å². The van der Waals surface area contributed by atoms with E-state index < -0.39 is 0 Å². The van der Waals surface area contributed by atoms with E-state index in [2.05, 4.69) is 4.90 Å². The number of amides is 2. The fourth-order valence-electron chi connectivity index (χ4n) is 5.26. The summed E-state index contributed by atoms with van der Waals surface area (Å²) < 4.78 is 0. The number of aliphatic imine (C=N–C) groups is 1. The number of para-hydroxylation sites is 1. The van der Waals surface area contributed by atoms with Crippen molar-refractivity contribution in [2.75, 3.05) is 41.7 Å². The van der Waals surface area contributed by atoms with Crippen LogP contribution in [0.2, 0.25) is 0 Å². The zero-order valence-electron chi connectivity index (χ0n) is 23.3. The first-order chi connectivity index (χ1) is 20.5. The molecule has 0 atom stereocenters. The summed E-state index contributed by atoms with van der Waals surface area (Å²) in [5.74, 6) is 0.0318. The van der Waals surface area contributed by atoms with Crippen LogP contribution < -0.4 is 9.80 Å². The van der Waals surface area contributed by atoms with Gasteiger partial charge in [-0.05, 0) is 65.7 Å². The van der Waals surface area contributed by atoms with Crippen molar-refractivity contribution < 1.29 is 14.4 Å². The number of nitrogens with zero attached hydrogens (tertiary/aromatic N) is 4. The van der Waals surface area contributed by atoms with Gasteiger partial charge in [0.05, 0.1) is 11.4 Å². The van der Waals surface area contributed by atoms with Gasteiger partial charge >= 0.3 is 0 Å². The van der Waals surface area contributed by atoms with Crippen LogP contribution in [0.5, 0.6) is 0 Å². The first kappa shape index (κ1) is 27.5. The molecule has 2 aliphatic rings. The summed E-state index contributed by atoms with van der Waals surface area (Å²) in [4.78, 5) is 48.9. The molecule has 4 aromatic carbocycles. The Bertz CT molecular complexity index is 1700. The van der Waals surface area contributed by atoms with Crippen molar-refractivity contribution in [3.63, 3.8) is 0 Å². The molecule has 0 bridgehead atoms. The molecule has 210 valence electrons. The van der Waals surface area contributed by atoms with Crippen LogP contribution in [0.15, 0.2) is 108 Å². The average molecular weight is 575 g/mol. The third kappa shape index (κ3) is 5.71. The number of piperazine rings is 1. The molecule has 7 nitrogen and oxygen atoms in total. The number of hydrogen-bond acceptors (Lipinski definition) is 6. The smallest absolute Gasteiger partial charge is 0.283 e. The second-order valence-corrected chi connectivity index (χ2v) is 11.2. The van der Waals surface area contributed by atoms with E-state index in [1.54, 1.807) is 11.8 Å². The molecule has 0 aromatic heterocycles. The molecule has 8 heteroatoms. The van der Waals surface area contributed by atoms with Crippen molar-refractivity contribution in [2.45, 2.75) is 6.92 Å². The summed E-state index contributed by atoms with van der Waals surface area (Å²) >= 11 is 1.29. The van der Waals surface area contributed by atoms with Crippen LogP contribution in [-0.2, 0) is 9.59 Å². The predicted octanol–water partition coefficient (Wildman–Crippen LogP) is 5.87. The molecular weight excluding hydrogens is 544 g/mol. The molecule has 2 amide bonds. The highest BCUT2D eigenvalue weighted by molar-refractivity contribution is 8.14. The number of benzene rings is 4. The largest absolute Gasteiger partial charge is 0.368 e. The molecule has 0 aliphatic carbocycles. The van der Waals surface area contributed by atoms with Crippen LogP contribution in [-0.4, -0.2) is 59.6 Å². The average Bonchev–Trinajstić information content (AvgIpc) is 3.34. The van der Waals surface area contributed by atoms with Gasteiger partial charge in [0.2, 0.25) is 5.91 Å². The van der Waals surface area contributed by atoms with Crippen molar-refractivity contribution in [2.24, 2.45) is 4.99 Å². The Labute approximate surface area is 249 Å². The molecule has 0 saturated carbocycles. The molecule has 0 spiro atoms. The third-order valence-corrected chi connectivity index (χ3v) is 8.48. The normalized spacial score (nSPS) is 16.3. The molecule has 2 aliphatic heterocycles. The van der Waals surface area contributed by atoms with Gasteiger partial charge in [0.15, 0.2) is 11.0 Å². The highest BCUT2D eigenvalue weighted by Gasteiger charge is 2.33. The second kappa shape index (κ2) is 12.0. The zero-order valence-corrected chi connectivity index (χ0v) is 24.1. The Balaban J connectivity index is 1.16. The van der Waals surface area contributed by atoms with Crippen LogP contribution in [0.1, 0.15) is 22.8 Å². The standard InChI is InChI=1S/C34H30N4O3S/c1-24(39)25-14-16-28(17-15-25)36-18-20-37(21-19-36)32(40)23-42-34-35-31(33(41)38(34)29-11-3-2-4-12-29)22-27-10-7-9-26-8-5-6-13-30(26)27/h2-17,22H,18-21,23H2,1H3/b31-22+. The number of amidine groups is 1. The summed E-state index contributed by atoms with van der Waals surface area (Å²) in [5, 5.41) is 2.64. The zero-order chi connectivity index (χ0) is 29.1. The van der Waals surface area contributed by atoms with Crippen LogP contribution in [0.25, 0.3) is 16.8 Å². The number of fused-ring (bicyclic) bond motifs is 1. The molecule has 4 aromatic rings. The minimum atomic E-state index is -0.214. The lowest BCUT2D eigenvalue weighted by Crippen LogP contribution is -2.49. The molecule has 2 heterocycles. The SMILES string of the molecule is CC(=O)c1ccc(N2CCN(C(=O)CSC3=N/C(=C/c4cccc5ccccc45)C(=O)N3c3ccccc3)CC2)cc1. The van der Waals surface area contributed by atoms with Crippen molar-refractivity contribution in [1.82, 2.24) is 4.90 Å². The molecule has 0 unspecified atom stereocenters. The topological polar surface area (TPSA) is 73.3 Å². The molecule has 1 fully saturated rings. The van der Waals surface area contributed by atoms with Crippen molar-refractivity contribution in [3.8, 4) is 0 Å². The number of carbonyl (C=O) groups is 3. The van der Waals surface area contributed by atoms with Gasteiger partial charge in [0, 0.05) is 37.4 Å². The van der Waals surface area contributed by atoms with E-state index in [0.717, 1.165) is 22.0 Å². The Morgan fingerprint density at radius 1 is 0.810 bits per heavy atom. The van der Waals surface area contributed by atoms with Crippen LogP contribution in [0, 0.1) is 0 Å². The number of anilines is 2. The third-order valence-electron chi connectivity index (χ3n) is 7.56. The van der Waals surface area contributed by atoms with Crippen LogP contribution in [0.3, 0.4) is 0 Å². The Kier molecular flexibility index (Phi) is 7.88. The van der Waals surface area contributed by atoms with Crippen LogP contribution in [0.4, 0.5) is 11.4 Å². The van der Waals surface area contributed by atoms with Crippen molar-refractivity contribution in [3.05, 3.63) is 114 Å². The van der Waals surface area contributed by atoms with E-state index in [-0.39, 0.29) is 23.4 Å². The number of Topliss-reactive ketones (excluding diaryl/α,β-unsaturated/α-hetero) is 1. The summed E-state index contributed by atoms with van der Waals surface area (Å²) in [6.45, 7) is 4.19.